The number of nitrogens with zero attached hydrogens (tertiary/aromatic N) is 1. The number of ether oxygens (including phenoxy) is 1. The van der Waals surface area contributed by atoms with Gasteiger partial charge in [-0.25, -0.2) is 4.98 Å². The van der Waals surface area contributed by atoms with Crippen LogP contribution in [0.1, 0.15) is 30.2 Å². The van der Waals surface area contributed by atoms with Crippen LogP contribution in [0, 0.1) is 0 Å². The first kappa shape index (κ1) is 9.96. The van der Waals surface area contributed by atoms with Crippen LogP contribution in [0.15, 0.2) is 5.38 Å². The summed E-state index contributed by atoms with van der Waals surface area (Å²) in [6.45, 7) is 2.08. The molecule has 0 aliphatic heterocycles. The lowest BCUT2D eigenvalue weighted by molar-refractivity contribution is 0.0997. The van der Waals surface area contributed by atoms with E-state index in [1.165, 1.54) is 0 Å². The van der Waals surface area contributed by atoms with Crippen molar-refractivity contribution in [1.82, 2.24) is 4.98 Å². The van der Waals surface area contributed by atoms with Gasteiger partial charge in [0.25, 0.3) is 0 Å². The quantitative estimate of drug-likeness (QED) is 0.706. The van der Waals surface area contributed by atoms with Crippen LogP contribution in [-0.2, 0) is 10.6 Å². The first-order valence-corrected chi connectivity index (χ1v) is 5.26. The van der Waals surface area contributed by atoms with Crippen molar-refractivity contribution in [2.75, 3.05) is 7.11 Å². The van der Waals surface area contributed by atoms with Crippen LogP contribution in [0.25, 0.3) is 0 Å². The highest BCUT2D eigenvalue weighted by Gasteiger charge is 2.11. The summed E-state index contributed by atoms with van der Waals surface area (Å²) in [6, 6.07) is 0. The fourth-order valence-corrected chi connectivity index (χ4v) is 2.18. The van der Waals surface area contributed by atoms with Crippen molar-refractivity contribution in [3.05, 3.63) is 16.1 Å². The Morgan fingerprint density at radius 1 is 1.75 bits per heavy atom. The Morgan fingerprint density at radius 2 is 2.50 bits per heavy atom. The van der Waals surface area contributed by atoms with Gasteiger partial charge in [0.1, 0.15) is 11.1 Å². The monoisotopic (exact) mass is 205 g/mol. The van der Waals surface area contributed by atoms with E-state index < -0.39 is 0 Å². The molecule has 1 rings (SSSR count). The minimum absolute atomic E-state index is 0.131. The smallest absolute Gasteiger partial charge is 0.122 e. The molecule has 1 aromatic heterocycles. The highest BCUT2D eigenvalue weighted by molar-refractivity contribution is 7.09. The summed E-state index contributed by atoms with van der Waals surface area (Å²) in [5.74, 6) is 0.483. The predicted octanol–water partition coefficient (Wildman–Crippen LogP) is 2.98. The molecule has 0 aromatic carbocycles. The summed E-state index contributed by atoms with van der Waals surface area (Å²) in [6.07, 6.45) is 1.08. The second-order valence-electron chi connectivity index (χ2n) is 2.44. The fourth-order valence-electron chi connectivity index (χ4n) is 0.974. The van der Waals surface area contributed by atoms with Crippen molar-refractivity contribution in [1.29, 1.82) is 0 Å². The molecule has 1 atom stereocenters. The minimum atomic E-state index is 0.131. The van der Waals surface area contributed by atoms with Crippen molar-refractivity contribution in [2.24, 2.45) is 0 Å². The Labute approximate surface area is 81.5 Å². The lowest BCUT2D eigenvalue weighted by Gasteiger charge is -2.08. The van der Waals surface area contributed by atoms with E-state index in [4.69, 9.17) is 16.3 Å². The van der Waals surface area contributed by atoms with Gasteiger partial charge in [0.15, 0.2) is 0 Å². The van der Waals surface area contributed by atoms with Crippen LogP contribution in [0.5, 0.6) is 0 Å². The van der Waals surface area contributed by atoms with E-state index >= 15 is 0 Å². The lowest BCUT2D eigenvalue weighted by atomic mass is 10.3. The maximum absolute atomic E-state index is 5.63. The summed E-state index contributed by atoms with van der Waals surface area (Å²) < 4.78 is 5.25. The van der Waals surface area contributed by atoms with E-state index in [1.807, 2.05) is 5.38 Å². The Balaban J connectivity index is 2.72. The molecule has 2 nitrogen and oxygen atoms in total. The van der Waals surface area contributed by atoms with Gasteiger partial charge >= 0.3 is 0 Å². The number of hydrogen-bond acceptors (Lipinski definition) is 3. The lowest BCUT2D eigenvalue weighted by Crippen LogP contribution is -1.98. The molecule has 0 saturated carbocycles. The largest absolute Gasteiger partial charge is 0.374 e. The summed E-state index contributed by atoms with van der Waals surface area (Å²) in [4.78, 5) is 4.33. The summed E-state index contributed by atoms with van der Waals surface area (Å²) in [7, 11) is 1.70. The SMILES string of the molecule is CCC(OC)c1nc(CCl)cs1. The number of thiazole rings is 1. The molecule has 1 heterocycles. The van der Waals surface area contributed by atoms with Crippen LogP contribution in [0.2, 0.25) is 0 Å². The molecule has 12 heavy (non-hydrogen) atoms. The molecule has 68 valence electrons. The third-order valence-electron chi connectivity index (χ3n) is 1.64. The van der Waals surface area contributed by atoms with E-state index in [0.717, 1.165) is 17.1 Å². The molecule has 0 aliphatic rings. The zero-order chi connectivity index (χ0) is 8.97. The topological polar surface area (TPSA) is 22.1 Å². The predicted molar refractivity (Wildman–Crippen MR) is 51.7 cm³/mol. The number of aromatic nitrogens is 1. The highest BCUT2D eigenvalue weighted by atomic mass is 35.5. The van der Waals surface area contributed by atoms with Gasteiger partial charge in [0, 0.05) is 12.5 Å². The van der Waals surface area contributed by atoms with Crippen LogP contribution >= 0.6 is 22.9 Å². The summed E-state index contributed by atoms with van der Waals surface area (Å²) in [5, 5.41) is 3.00. The molecule has 0 amide bonds. The number of rotatable bonds is 4. The maximum atomic E-state index is 5.63. The second kappa shape index (κ2) is 4.80. The first-order chi connectivity index (χ1) is 5.81. The molecule has 1 unspecified atom stereocenters. The van der Waals surface area contributed by atoms with E-state index in [-0.39, 0.29) is 6.10 Å². The zero-order valence-corrected chi connectivity index (χ0v) is 8.78. The van der Waals surface area contributed by atoms with Crippen molar-refractivity contribution in [2.45, 2.75) is 25.3 Å². The van der Waals surface area contributed by atoms with Gasteiger partial charge in [0.05, 0.1) is 11.6 Å². The second-order valence-corrected chi connectivity index (χ2v) is 3.60. The van der Waals surface area contributed by atoms with Crippen LogP contribution in [0.3, 0.4) is 0 Å². The molecular formula is C8H12ClNOS. The normalized spacial score (nSPS) is 13.2. The number of hydrogen-bond donors (Lipinski definition) is 0. The average Bonchev–Trinajstić information content (AvgIpc) is 2.55. The standard InChI is InChI=1S/C8H12ClNOS/c1-3-7(11-2)8-10-6(4-9)5-12-8/h5,7H,3-4H2,1-2H3. The van der Waals surface area contributed by atoms with E-state index in [2.05, 4.69) is 11.9 Å². The van der Waals surface area contributed by atoms with E-state index in [9.17, 15) is 0 Å². The molecule has 0 N–H and O–H groups in total. The minimum Gasteiger partial charge on any atom is -0.374 e. The first-order valence-electron chi connectivity index (χ1n) is 3.84. The van der Waals surface area contributed by atoms with Crippen LogP contribution < -0.4 is 0 Å². The van der Waals surface area contributed by atoms with Crippen molar-refractivity contribution in [3.8, 4) is 0 Å². The van der Waals surface area contributed by atoms with Gasteiger partial charge in [0.2, 0.25) is 0 Å². The van der Waals surface area contributed by atoms with E-state index in [0.29, 0.717) is 5.88 Å². The highest BCUT2D eigenvalue weighted by Crippen LogP contribution is 2.24. The Hall–Kier alpha value is -0.120. The number of halogens is 1. The average molecular weight is 206 g/mol. The third kappa shape index (κ3) is 2.19. The molecule has 1 aromatic rings. The van der Waals surface area contributed by atoms with Crippen molar-refractivity contribution in [3.63, 3.8) is 0 Å². The number of alkyl halides is 1. The van der Waals surface area contributed by atoms with Gasteiger partial charge in [-0.15, -0.1) is 22.9 Å². The zero-order valence-electron chi connectivity index (χ0n) is 7.21. The fraction of sp³-hybridized carbons (Fsp3) is 0.625. The van der Waals surface area contributed by atoms with Gasteiger partial charge in [-0.05, 0) is 6.42 Å². The van der Waals surface area contributed by atoms with Gasteiger partial charge in [-0.2, -0.15) is 0 Å². The van der Waals surface area contributed by atoms with Gasteiger partial charge in [-0.3, -0.25) is 0 Å². The Morgan fingerprint density at radius 3 is 2.92 bits per heavy atom. The third-order valence-corrected chi connectivity index (χ3v) is 2.90. The summed E-state index contributed by atoms with van der Waals surface area (Å²) in [5.41, 5.74) is 0.937. The van der Waals surface area contributed by atoms with E-state index in [1.54, 1.807) is 18.4 Å². The molecule has 0 saturated heterocycles. The molecule has 0 fully saturated rings. The molecule has 4 heteroatoms. The molecular weight excluding hydrogens is 194 g/mol. The molecule has 0 aliphatic carbocycles. The Bertz CT molecular complexity index is 235. The Kier molecular flexibility index (Phi) is 3.98. The molecule has 0 bridgehead atoms. The molecule has 0 spiro atoms. The molecule has 0 radical (unpaired) electrons. The number of methoxy groups -OCH3 is 1. The van der Waals surface area contributed by atoms with Crippen LogP contribution in [0.4, 0.5) is 0 Å². The van der Waals surface area contributed by atoms with Gasteiger partial charge < -0.3 is 4.74 Å². The van der Waals surface area contributed by atoms with Crippen molar-refractivity contribution >= 4 is 22.9 Å². The van der Waals surface area contributed by atoms with Crippen molar-refractivity contribution < 1.29 is 4.74 Å². The maximum Gasteiger partial charge on any atom is 0.122 e. The van der Waals surface area contributed by atoms with Gasteiger partial charge in [-0.1, -0.05) is 6.92 Å². The summed E-state index contributed by atoms with van der Waals surface area (Å²) >= 11 is 7.25. The van der Waals surface area contributed by atoms with Crippen LogP contribution in [-0.4, -0.2) is 12.1 Å².